The summed E-state index contributed by atoms with van der Waals surface area (Å²) in [6, 6.07) is 7.95. The summed E-state index contributed by atoms with van der Waals surface area (Å²) in [5.41, 5.74) is -4.17. The van der Waals surface area contributed by atoms with Crippen LogP contribution in [0, 0.1) is 16.7 Å². The minimum atomic E-state index is -2.18. The molecule has 1 aromatic rings. The Labute approximate surface area is 327 Å². The minimum Gasteiger partial charge on any atom is -0.462 e. The summed E-state index contributed by atoms with van der Waals surface area (Å²) in [6.45, 7) is 16.5. The molecular weight excluding hydrogens is 730 g/mol. The number of carbonyl (C=O) groups is 6. The lowest BCUT2D eigenvalue weighted by Gasteiger charge is -2.63. The van der Waals surface area contributed by atoms with Crippen molar-refractivity contribution in [3.8, 4) is 0 Å². The van der Waals surface area contributed by atoms with Crippen LogP contribution >= 0.6 is 0 Å². The van der Waals surface area contributed by atoms with Crippen molar-refractivity contribution < 1.29 is 67.4 Å². The zero-order valence-electron chi connectivity index (χ0n) is 33.9. The van der Waals surface area contributed by atoms with Crippen molar-refractivity contribution in [3.63, 3.8) is 0 Å². The summed E-state index contributed by atoms with van der Waals surface area (Å²) < 4.78 is 36.0. The summed E-state index contributed by atoms with van der Waals surface area (Å²) in [5, 5.41) is 24.8. The van der Waals surface area contributed by atoms with E-state index < -0.39 is 107 Å². The summed E-state index contributed by atoms with van der Waals surface area (Å²) in [6.07, 6.45) is -10.9. The molecule has 0 radical (unpaired) electrons. The van der Waals surface area contributed by atoms with E-state index in [0.29, 0.717) is 11.1 Å². The molecule has 2 fully saturated rings. The second-order valence-electron chi connectivity index (χ2n) is 16.0. The van der Waals surface area contributed by atoms with E-state index >= 15 is 0 Å². The van der Waals surface area contributed by atoms with Crippen LogP contribution in [0.15, 0.2) is 53.6 Å². The summed E-state index contributed by atoms with van der Waals surface area (Å²) in [5.74, 6) is -6.41. The van der Waals surface area contributed by atoms with Gasteiger partial charge in [0.05, 0.1) is 11.5 Å². The maximum atomic E-state index is 14.0. The largest absolute Gasteiger partial charge is 0.462 e. The van der Waals surface area contributed by atoms with E-state index in [1.165, 1.54) is 6.92 Å². The lowest BCUT2D eigenvalue weighted by atomic mass is 9.47. The highest BCUT2D eigenvalue weighted by Crippen LogP contribution is 2.63. The summed E-state index contributed by atoms with van der Waals surface area (Å²) in [4.78, 5) is 80.3. The van der Waals surface area contributed by atoms with Gasteiger partial charge in [-0.15, -0.1) is 0 Å². The van der Waals surface area contributed by atoms with Crippen LogP contribution in [0.25, 0.3) is 0 Å². The van der Waals surface area contributed by atoms with E-state index in [1.54, 1.807) is 77.0 Å². The van der Waals surface area contributed by atoms with E-state index in [2.05, 4.69) is 6.58 Å². The Hall–Kier alpha value is -4.60. The van der Waals surface area contributed by atoms with Gasteiger partial charge in [-0.25, -0.2) is 4.79 Å². The average Bonchev–Trinajstić information content (AvgIpc) is 3.06. The molecule has 56 heavy (non-hydrogen) atoms. The molecule has 0 amide bonds. The third-order valence-electron chi connectivity index (χ3n) is 11.7. The van der Waals surface area contributed by atoms with Crippen LogP contribution in [0.3, 0.4) is 0 Å². The number of aliphatic hydroxyl groups excluding tert-OH is 1. The first-order valence-corrected chi connectivity index (χ1v) is 18.5. The first-order chi connectivity index (χ1) is 25.9. The Morgan fingerprint density at radius 3 is 1.79 bits per heavy atom. The highest BCUT2D eigenvalue weighted by Gasteiger charge is 2.72. The zero-order chi connectivity index (χ0) is 42.2. The molecule has 11 atom stereocenters. The Morgan fingerprint density at radius 2 is 1.29 bits per heavy atom. The number of ether oxygens (including phenoxy) is 6. The number of nitrogens with zero attached hydrogens (tertiary/aromatic N) is 1. The maximum Gasteiger partial charge on any atom is 0.337 e. The monoisotopic (exact) mass is 785 g/mol. The van der Waals surface area contributed by atoms with Crippen LogP contribution in [-0.2, 0) is 57.2 Å². The van der Waals surface area contributed by atoms with Crippen LogP contribution < -0.4 is 0 Å². The Bertz CT molecular complexity index is 1770. The normalized spacial score (nSPS) is 32.0. The van der Waals surface area contributed by atoms with Crippen molar-refractivity contribution in [3.05, 3.63) is 59.2 Å². The molecule has 2 N–H and O–H groups in total. The number of fused-ring (bicyclic) bond motifs is 3. The quantitative estimate of drug-likeness (QED) is 0.199. The molecule has 15 heteroatoms. The molecule has 3 aliphatic carbocycles. The van der Waals surface area contributed by atoms with Crippen molar-refractivity contribution in [1.29, 1.82) is 0 Å². The van der Waals surface area contributed by atoms with E-state index in [4.69, 9.17) is 28.4 Å². The molecule has 0 aromatic heterocycles. The third-order valence-corrected chi connectivity index (χ3v) is 11.7. The van der Waals surface area contributed by atoms with Gasteiger partial charge in [-0.1, -0.05) is 57.7 Å². The molecule has 0 aliphatic heterocycles. The SMILES string of the molecule is C=C1[C@@H](OC(=O)[C@H](O)[C@H](c2ccccc2)N(C)C)C[C@H](OC(C)=O)[C@@]2(C)[C@@H](OC(C)=O)[C@H](OC(C)=O)C3=C(C)[C@@H](OC(C)=O)C[C@@](O)([C@@H](OC(C)=O)[C@H]12)C3(C)C. The summed E-state index contributed by atoms with van der Waals surface area (Å²) >= 11 is 0. The number of rotatable bonds is 10. The van der Waals surface area contributed by atoms with Crippen LogP contribution in [0.5, 0.6) is 0 Å². The molecule has 0 spiro atoms. The van der Waals surface area contributed by atoms with Gasteiger partial charge < -0.3 is 38.6 Å². The first kappa shape index (κ1) is 44.1. The van der Waals surface area contributed by atoms with Gasteiger partial charge in [0.15, 0.2) is 18.3 Å². The lowest BCUT2D eigenvalue weighted by molar-refractivity contribution is -0.259. The molecular formula is C41H55NO14. The number of benzene rings is 1. The molecule has 2 bridgehead atoms. The molecule has 0 unspecified atom stereocenters. The molecule has 0 heterocycles. The van der Waals surface area contributed by atoms with E-state index in [9.17, 15) is 39.0 Å². The fourth-order valence-electron chi connectivity index (χ4n) is 9.27. The van der Waals surface area contributed by atoms with Gasteiger partial charge in [0.2, 0.25) is 0 Å². The van der Waals surface area contributed by atoms with Gasteiger partial charge in [-0.2, -0.15) is 0 Å². The Kier molecular flexibility index (Phi) is 13.0. The number of likely N-dealkylation sites (N-methyl/N-ethyl adjacent to an activating group) is 1. The molecule has 15 nitrogen and oxygen atoms in total. The highest BCUT2D eigenvalue weighted by atomic mass is 16.6. The van der Waals surface area contributed by atoms with Crippen molar-refractivity contribution in [2.75, 3.05) is 14.1 Å². The van der Waals surface area contributed by atoms with Crippen LogP contribution in [0.1, 0.15) is 86.8 Å². The second kappa shape index (κ2) is 16.5. The zero-order valence-corrected chi connectivity index (χ0v) is 33.9. The third kappa shape index (κ3) is 8.12. The van der Waals surface area contributed by atoms with Gasteiger partial charge >= 0.3 is 35.8 Å². The fraction of sp³-hybridized carbons (Fsp3) is 0.610. The number of hydrogen-bond donors (Lipinski definition) is 2. The Balaban J connectivity index is 2.05. The van der Waals surface area contributed by atoms with Gasteiger partial charge in [0.1, 0.15) is 30.0 Å². The van der Waals surface area contributed by atoms with Crippen LogP contribution in [-0.4, -0.2) is 113 Å². The predicted molar refractivity (Wildman–Crippen MR) is 198 cm³/mol. The molecule has 3 aliphatic rings. The topological polar surface area (TPSA) is 201 Å². The van der Waals surface area contributed by atoms with Crippen molar-refractivity contribution in [2.24, 2.45) is 16.7 Å². The maximum absolute atomic E-state index is 14.0. The van der Waals surface area contributed by atoms with Crippen molar-refractivity contribution in [2.45, 2.75) is 130 Å². The highest BCUT2D eigenvalue weighted by molar-refractivity contribution is 5.76. The lowest BCUT2D eigenvalue weighted by Crippen LogP contribution is -2.73. The van der Waals surface area contributed by atoms with Gasteiger partial charge in [-0.3, -0.25) is 28.9 Å². The molecule has 1 aromatic carbocycles. The molecule has 0 saturated heterocycles. The average molecular weight is 786 g/mol. The van der Waals surface area contributed by atoms with E-state index in [1.807, 2.05) is 0 Å². The number of esters is 6. The van der Waals surface area contributed by atoms with Crippen molar-refractivity contribution >= 4 is 35.8 Å². The number of carbonyl (C=O) groups excluding carboxylic acids is 6. The molecule has 308 valence electrons. The van der Waals surface area contributed by atoms with E-state index in [-0.39, 0.29) is 24.0 Å². The number of aliphatic hydroxyl groups is 2. The van der Waals surface area contributed by atoms with Crippen LogP contribution in [0.4, 0.5) is 0 Å². The second-order valence-corrected chi connectivity index (χ2v) is 16.0. The predicted octanol–water partition coefficient (Wildman–Crippen LogP) is 3.29. The fourth-order valence-corrected chi connectivity index (χ4v) is 9.27. The Morgan fingerprint density at radius 1 is 0.768 bits per heavy atom. The standard InChI is InChI=1S/C41H55NO14/c1-20-28(56-38(49)34(48)33(42(11)12)27-16-14-13-15-17-27)18-30(52-23(4)44)40(10)32(20)36(54-25(6)46)41(50)19-29(51-22(3)43)21(2)31(39(41,8)9)35(53-24(5)45)37(40)55-26(7)47/h13-17,28-30,32-37,48,50H,1,18-19H2,2-12H3/t28-,29-,30-,32-,33-,34+,35+,36-,37-,40+,41+/m0/s1. The molecule has 4 rings (SSSR count). The molecule has 2 saturated carbocycles. The van der Waals surface area contributed by atoms with Crippen molar-refractivity contribution in [1.82, 2.24) is 4.90 Å². The first-order valence-electron chi connectivity index (χ1n) is 18.5. The van der Waals surface area contributed by atoms with Gasteiger partial charge in [0.25, 0.3) is 0 Å². The van der Waals surface area contributed by atoms with Crippen LogP contribution in [0.2, 0.25) is 0 Å². The number of hydrogen-bond acceptors (Lipinski definition) is 15. The minimum absolute atomic E-state index is 0.0468. The summed E-state index contributed by atoms with van der Waals surface area (Å²) in [7, 11) is 3.37. The smallest absolute Gasteiger partial charge is 0.337 e. The van der Waals surface area contributed by atoms with E-state index in [0.717, 1.165) is 27.7 Å². The van der Waals surface area contributed by atoms with Gasteiger partial charge in [-0.05, 0) is 43.3 Å². The van der Waals surface area contributed by atoms with Gasteiger partial charge in [0, 0.05) is 58.8 Å².